The number of hydrogen-bond donors (Lipinski definition) is 3. The fourth-order valence-corrected chi connectivity index (χ4v) is 2.80. The average Bonchev–Trinajstić information content (AvgIpc) is 3.04. The highest BCUT2D eigenvalue weighted by Gasteiger charge is 2.27. The topological polar surface area (TPSA) is 58.2 Å². The summed E-state index contributed by atoms with van der Waals surface area (Å²) >= 11 is 0. The molecule has 2 unspecified atom stereocenters. The van der Waals surface area contributed by atoms with E-state index in [4.69, 9.17) is 4.74 Å². The molecule has 0 amide bonds. The van der Waals surface area contributed by atoms with Gasteiger partial charge >= 0.3 is 0 Å². The zero-order valence-corrected chi connectivity index (χ0v) is 12.8. The molecule has 0 radical (unpaired) electrons. The van der Waals surface area contributed by atoms with Gasteiger partial charge in [-0.05, 0) is 29.3 Å². The molecular formula is C17H22N4O. The van der Waals surface area contributed by atoms with Crippen LogP contribution in [-0.2, 0) is 6.54 Å². The lowest BCUT2D eigenvalue weighted by Gasteiger charge is -2.19. The molecule has 0 aliphatic carbocycles. The van der Waals surface area contributed by atoms with Crippen LogP contribution in [0.25, 0.3) is 0 Å². The van der Waals surface area contributed by atoms with E-state index in [1.807, 2.05) is 24.4 Å². The zero-order valence-electron chi connectivity index (χ0n) is 12.8. The van der Waals surface area contributed by atoms with Crippen molar-refractivity contribution in [1.29, 1.82) is 0 Å². The van der Waals surface area contributed by atoms with Crippen LogP contribution in [0.15, 0.2) is 48.8 Å². The first kappa shape index (κ1) is 15.0. The molecule has 2 heterocycles. The van der Waals surface area contributed by atoms with E-state index >= 15 is 0 Å². The number of benzene rings is 1. The van der Waals surface area contributed by atoms with Crippen molar-refractivity contribution >= 4 is 0 Å². The Morgan fingerprint density at radius 2 is 2.14 bits per heavy atom. The van der Waals surface area contributed by atoms with E-state index < -0.39 is 0 Å². The third kappa shape index (κ3) is 3.62. The Hall–Kier alpha value is -1.95. The third-order valence-corrected chi connectivity index (χ3v) is 4.03. The van der Waals surface area contributed by atoms with Crippen LogP contribution in [-0.4, -0.2) is 25.2 Å². The van der Waals surface area contributed by atoms with Gasteiger partial charge in [0.15, 0.2) is 0 Å². The summed E-state index contributed by atoms with van der Waals surface area (Å²) in [5, 5.41) is 3.52. The van der Waals surface area contributed by atoms with E-state index in [2.05, 4.69) is 39.4 Å². The van der Waals surface area contributed by atoms with Crippen LogP contribution in [0.5, 0.6) is 5.75 Å². The van der Waals surface area contributed by atoms with Crippen molar-refractivity contribution in [1.82, 2.24) is 21.2 Å². The molecule has 0 spiro atoms. The van der Waals surface area contributed by atoms with Crippen molar-refractivity contribution in [2.24, 2.45) is 5.92 Å². The van der Waals surface area contributed by atoms with Crippen LogP contribution in [0.2, 0.25) is 0 Å². The molecule has 5 heteroatoms. The first-order valence-corrected chi connectivity index (χ1v) is 7.59. The third-order valence-electron chi connectivity index (χ3n) is 4.03. The number of nitrogens with zero attached hydrogens (tertiary/aromatic N) is 1. The predicted octanol–water partition coefficient (Wildman–Crippen LogP) is 1.65. The lowest BCUT2D eigenvalue weighted by atomic mass is 9.95. The maximum Gasteiger partial charge on any atom is 0.118 e. The molecule has 0 saturated carbocycles. The van der Waals surface area contributed by atoms with E-state index in [1.165, 1.54) is 11.1 Å². The Morgan fingerprint density at radius 3 is 2.86 bits per heavy atom. The number of pyridine rings is 1. The smallest absolute Gasteiger partial charge is 0.118 e. The van der Waals surface area contributed by atoms with E-state index in [9.17, 15) is 0 Å². The lowest BCUT2D eigenvalue weighted by Crippen LogP contribution is -2.28. The molecule has 3 N–H and O–H groups in total. The van der Waals surface area contributed by atoms with Crippen LogP contribution < -0.4 is 20.9 Å². The number of ether oxygens (including phenoxy) is 1. The maximum atomic E-state index is 5.22. The predicted molar refractivity (Wildman–Crippen MR) is 86.3 cm³/mol. The van der Waals surface area contributed by atoms with Crippen molar-refractivity contribution < 1.29 is 4.74 Å². The summed E-state index contributed by atoms with van der Waals surface area (Å²) in [5.41, 5.74) is 9.12. The first-order chi connectivity index (χ1) is 10.9. The zero-order chi connectivity index (χ0) is 15.2. The summed E-state index contributed by atoms with van der Waals surface area (Å²) in [4.78, 5) is 4.14. The van der Waals surface area contributed by atoms with Gasteiger partial charge in [0.1, 0.15) is 5.75 Å². The Kier molecular flexibility index (Phi) is 5.00. The molecular weight excluding hydrogens is 276 g/mol. The minimum atomic E-state index is 0.312. The Bertz CT molecular complexity index is 573. The molecule has 1 aliphatic heterocycles. The van der Waals surface area contributed by atoms with Gasteiger partial charge in [0.05, 0.1) is 13.2 Å². The van der Waals surface area contributed by atoms with E-state index in [0.29, 0.717) is 12.0 Å². The monoisotopic (exact) mass is 298 g/mol. The van der Waals surface area contributed by atoms with Gasteiger partial charge < -0.3 is 10.1 Å². The highest BCUT2D eigenvalue weighted by atomic mass is 16.5. The van der Waals surface area contributed by atoms with Gasteiger partial charge in [0.2, 0.25) is 0 Å². The second kappa shape index (κ2) is 7.35. The van der Waals surface area contributed by atoms with Crippen molar-refractivity contribution in [3.8, 4) is 5.75 Å². The molecule has 1 aromatic heterocycles. The molecule has 3 rings (SSSR count). The fraction of sp³-hybridized carbons (Fsp3) is 0.353. The van der Waals surface area contributed by atoms with Crippen molar-refractivity contribution in [2.45, 2.75) is 12.6 Å². The minimum absolute atomic E-state index is 0.312. The van der Waals surface area contributed by atoms with Crippen molar-refractivity contribution in [3.63, 3.8) is 0 Å². The van der Waals surface area contributed by atoms with Crippen LogP contribution in [0.3, 0.4) is 0 Å². The van der Waals surface area contributed by atoms with Crippen LogP contribution in [0.4, 0.5) is 0 Å². The Balaban J connectivity index is 1.56. The van der Waals surface area contributed by atoms with E-state index in [-0.39, 0.29) is 0 Å². The first-order valence-electron chi connectivity index (χ1n) is 7.59. The molecule has 5 nitrogen and oxygen atoms in total. The summed E-state index contributed by atoms with van der Waals surface area (Å²) < 4.78 is 5.22. The van der Waals surface area contributed by atoms with Crippen molar-refractivity contribution in [3.05, 3.63) is 59.9 Å². The Morgan fingerprint density at radius 1 is 1.27 bits per heavy atom. The molecule has 116 valence electrons. The average molecular weight is 298 g/mol. The van der Waals surface area contributed by atoms with Gasteiger partial charge in [0.25, 0.3) is 0 Å². The molecule has 2 aromatic rings. The number of nitrogens with one attached hydrogen (secondary N) is 3. The number of hydrogen-bond acceptors (Lipinski definition) is 5. The number of hydrazine groups is 1. The molecule has 2 atom stereocenters. The van der Waals surface area contributed by atoms with Gasteiger partial charge in [-0.25, -0.2) is 5.43 Å². The molecule has 1 fully saturated rings. The molecule has 0 bridgehead atoms. The van der Waals surface area contributed by atoms with Gasteiger partial charge in [0, 0.05) is 37.9 Å². The highest BCUT2D eigenvalue weighted by molar-refractivity contribution is 5.30. The van der Waals surface area contributed by atoms with Crippen molar-refractivity contribution in [2.75, 3.05) is 20.2 Å². The number of aromatic nitrogens is 1. The molecule has 1 saturated heterocycles. The van der Waals surface area contributed by atoms with Gasteiger partial charge in [-0.3, -0.25) is 10.4 Å². The Labute approximate surface area is 131 Å². The van der Waals surface area contributed by atoms with Gasteiger partial charge in [-0.15, -0.1) is 0 Å². The second-order valence-electron chi connectivity index (χ2n) is 5.53. The molecule has 1 aromatic carbocycles. The summed E-state index contributed by atoms with van der Waals surface area (Å²) in [6.07, 6.45) is 3.70. The lowest BCUT2D eigenvalue weighted by molar-refractivity contribution is 0.413. The molecule has 22 heavy (non-hydrogen) atoms. The maximum absolute atomic E-state index is 5.22. The number of rotatable bonds is 6. The highest BCUT2D eigenvalue weighted by Crippen LogP contribution is 2.26. The minimum Gasteiger partial charge on any atom is -0.497 e. The van der Waals surface area contributed by atoms with E-state index in [0.717, 1.165) is 25.4 Å². The summed E-state index contributed by atoms with van der Waals surface area (Å²) in [6.45, 7) is 2.75. The summed E-state index contributed by atoms with van der Waals surface area (Å²) in [5.74, 6) is 1.39. The van der Waals surface area contributed by atoms with Crippen LogP contribution in [0.1, 0.15) is 17.2 Å². The molecule has 1 aliphatic rings. The van der Waals surface area contributed by atoms with E-state index in [1.54, 1.807) is 13.3 Å². The standard InChI is InChI=1S/C17H22N4O/c1-22-16-6-4-14(5-7-16)17-15(12-20-21-17)11-19-10-13-3-2-8-18-9-13/h2-9,15,17,19-21H,10-12H2,1H3. The quantitative estimate of drug-likeness (QED) is 0.757. The SMILES string of the molecule is COc1ccc(C2NNCC2CNCc2cccnc2)cc1. The summed E-state index contributed by atoms with van der Waals surface area (Å²) in [7, 11) is 1.69. The van der Waals surface area contributed by atoms with Crippen LogP contribution in [0, 0.1) is 5.92 Å². The normalized spacial score (nSPS) is 21.0. The second-order valence-corrected chi connectivity index (χ2v) is 5.53. The largest absolute Gasteiger partial charge is 0.497 e. The fourth-order valence-electron chi connectivity index (χ4n) is 2.80. The van der Waals surface area contributed by atoms with Gasteiger partial charge in [-0.2, -0.15) is 0 Å². The number of methoxy groups -OCH3 is 1. The summed E-state index contributed by atoms with van der Waals surface area (Å²) in [6, 6.07) is 12.6. The van der Waals surface area contributed by atoms with Gasteiger partial charge in [-0.1, -0.05) is 18.2 Å². The van der Waals surface area contributed by atoms with Crippen LogP contribution >= 0.6 is 0 Å².